The fraction of sp³-hybridized carbons (Fsp3) is 0.0392. The van der Waals surface area contributed by atoms with Crippen molar-refractivity contribution in [2.24, 2.45) is 0 Å². The van der Waals surface area contributed by atoms with Crippen LogP contribution in [-0.4, -0.2) is 14.1 Å². The van der Waals surface area contributed by atoms with Crippen molar-refractivity contribution in [1.82, 2.24) is 14.1 Å². The smallest absolute Gasteiger partial charge is 0.138 e. The first-order valence-electron chi connectivity index (χ1n) is 18.8. The second-order valence-electron chi connectivity index (χ2n) is 14.3. The monoisotopic (exact) mass is 689 g/mol. The lowest BCUT2D eigenvalue weighted by Gasteiger charge is -2.18. The minimum absolute atomic E-state index is 0.939. The summed E-state index contributed by atoms with van der Waals surface area (Å²) >= 11 is 0. The molecule has 11 rings (SSSR count). The Labute approximate surface area is 313 Å². The zero-order valence-corrected chi connectivity index (χ0v) is 29.7. The highest BCUT2D eigenvalue weighted by Gasteiger charge is 2.19. The van der Waals surface area contributed by atoms with E-state index >= 15 is 0 Å². The number of allylic oxidation sites excluding steroid dienone is 4. The zero-order valence-electron chi connectivity index (χ0n) is 29.7. The highest BCUT2D eigenvalue weighted by atomic mass is 15.1. The van der Waals surface area contributed by atoms with Gasteiger partial charge in [-0.15, -0.1) is 0 Å². The molecule has 0 saturated heterocycles. The van der Waals surface area contributed by atoms with Gasteiger partial charge in [0.05, 0.1) is 27.6 Å². The normalized spacial score (nSPS) is 13.3. The number of benzene rings is 7. The number of pyridine rings is 1. The first-order chi connectivity index (χ1) is 26.8. The van der Waals surface area contributed by atoms with Crippen molar-refractivity contribution >= 4 is 65.7 Å². The molecule has 0 bridgehead atoms. The van der Waals surface area contributed by atoms with E-state index in [-0.39, 0.29) is 0 Å². The molecule has 0 amide bonds. The van der Waals surface area contributed by atoms with Crippen LogP contribution >= 0.6 is 0 Å². The molecule has 3 heteroatoms. The molecule has 0 radical (unpaired) electrons. The second kappa shape index (κ2) is 12.3. The van der Waals surface area contributed by atoms with Crippen LogP contribution in [0.1, 0.15) is 24.0 Å². The first-order valence-corrected chi connectivity index (χ1v) is 18.8. The van der Waals surface area contributed by atoms with Gasteiger partial charge >= 0.3 is 0 Å². The predicted octanol–water partition coefficient (Wildman–Crippen LogP) is 13.4. The van der Waals surface area contributed by atoms with E-state index < -0.39 is 0 Å². The molecule has 3 heterocycles. The maximum absolute atomic E-state index is 5.34. The van der Waals surface area contributed by atoms with Gasteiger partial charge in [-0.05, 0) is 107 Å². The van der Waals surface area contributed by atoms with Crippen LogP contribution in [-0.2, 0) is 0 Å². The van der Waals surface area contributed by atoms with Gasteiger partial charge in [-0.25, -0.2) is 4.98 Å². The molecule has 10 aromatic rings. The molecule has 54 heavy (non-hydrogen) atoms. The van der Waals surface area contributed by atoms with Crippen LogP contribution in [0.3, 0.4) is 0 Å². The van der Waals surface area contributed by atoms with Crippen LogP contribution in [0, 0.1) is 0 Å². The van der Waals surface area contributed by atoms with E-state index in [0.717, 1.165) is 35.2 Å². The van der Waals surface area contributed by atoms with Gasteiger partial charge in [0, 0.05) is 32.6 Å². The van der Waals surface area contributed by atoms with Gasteiger partial charge in [0.15, 0.2) is 0 Å². The number of para-hydroxylation sites is 4. The van der Waals surface area contributed by atoms with Crippen molar-refractivity contribution in [2.75, 3.05) is 0 Å². The maximum Gasteiger partial charge on any atom is 0.138 e. The molecule has 1 aliphatic rings. The number of hydrogen-bond acceptors (Lipinski definition) is 1. The highest BCUT2D eigenvalue weighted by molar-refractivity contribution is 6.13. The fourth-order valence-corrected chi connectivity index (χ4v) is 8.69. The van der Waals surface area contributed by atoms with Crippen molar-refractivity contribution in [3.8, 4) is 22.6 Å². The van der Waals surface area contributed by atoms with E-state index in [1.165, 1.54) is 77.1 Å². The average Bonchev–Trinajstić information content (AvgIpc) is 3.76. The summed E-state index contributed by atoms with van der Waals surface area (Å²) in [6.07, 6.45) is 6.76. The zero-order chi connectivity index (χ0) is 35.6. The van der Waals surface area contributed by atoms with Crippen LogP contribution in [0.15, 0.2) is 188 Å². The third-order valence-electron chi connectivity index (χ3n) is 11.2. The summed E-state index contributed by atoms with van der Waals surface area (Å²) in [7, 11) is 0. The Bertz CT molecular complexity index is 3140. The fourth-order valence-electron chi connectivity index (χ4n) is 8.69. The van der Waals surface area contributed by atoms with Crippen LogP contribution in [0.4, 0.5) is 0 Å². The molecule has 0 N–H and O–H groups in total. The lowest BCUT2D eigenvalue weighted by molar-refractivity contribution is 1.05. The summed E-state index contributed by atoms with van der Waals surface area (Å²) in [6, 6.07) is 63.6. The minimum atomic E-state index is 0.939. The molecule has 0 unspecified atom stereocenters. The van der Waals surface area contributed by atoms with E-state index in [2.05, 4.69) is 197 Å². The molecule has 7 aromatic carbocycles. The van der Waals surface area contributed by atoms with E-state index in [0.29, 0.717) is 0 Å². The number of nitrogens with zero attached hydrogens (tertiary/aromatic N) is 3. The molecule has 0 aliphatic heterocycles. The summed E-state index contributed by atoms with van der Waals surface area (Å²) in [6.45, 7) is 0. The van der Waals surface area contributed by atoms with Crippen molar-refractivity contribution in [3.05, 3.63) is 199 Å². The summed E-state index contributed by atoms with van der Waals surface area (Å²) < 4.78 is 4.73. The first kappa shape index (κ1) is 30.6. The Morgan fingerprint density at radius 1 is 0.426 bits per heavy atom. The lowest BCUT2D eigenvalue weighted by Crippen LogP contribution is -2.01. The van der Waals surface area contributed by atoms with Crippen molar-refractivity contribution in [3.63, 3.8) is 0 Å². The number of aromatic nitrogens is 3. The van der Waals surface area contributed by atoms with E-state index in [1.807, 2.05) is 0 Å². The molecule has 0 atom stereocenters. The van der Waals surface area contributed by atoms with Gasteiger partial charge in [0.25, 0.3) is 0 Å². The standard InChI is InChI=1S/C51H35N3/c1-3-14-34(15-4-1)35-16-13-17-38(30-35)43-33-51(52-46-23-10-7-20-40(43)46)54-48-25-12-9-22-42(48)45-32-37(27-29-50(45)54)36-26-28-49-44(31-36)41-21-8-11-24-47(41)53(49)39-18-5-2-6-19-39/h1-12,14-16,18-33H,13,17H2. The second-order valence-corrected chi connectivity index (χ2v) is 14.3. The Hall–Kier alpha value is -6.97. The van der Waals surface area contributed by atoms with Gasteiger partial charge in [0.1, 0.15) is 5.82 Å². The summed E-state index contributed by atoms with van der Waals surface area (Å²) in [5.74, 6) is 0.939. The van der Waals surface area contributed by atoms with Crippen LogP contribution in [0.5, 0.6) is 0 Å². The lowest BCUT2D eigenvalue weighted by atomic mass is 9.89. The molecular formula is C51H35N3. The maximum atomic E-state index is 5.34. The van der Waals surface area contributed by atoms with Gasteiger partial charge in [-0.3, -0.25) is 4.57 Å². The quantitative estimate of drug-likeness (QED) is 0.176. The van der Waals surface area contributed by atoms with Crippen molar-refractivity contribution in [1.29, 1.82) is 0 Å². The van der Waals surface area contributed by atoms with E-state index in [9.17, 15) is 0 Å². The number of hydrogen-bond donors (Lipinski definition) is 0. The van der Waals surface area contributed by atoms with E-state index in [4.69, 9.17) is 4.98 Å². The Morgan fingerprint density at radius 2 is 0.981 bits per heavy atom. The number of fused-ring (bicyclic) bond motifs is 7. The van der Waals surface area contributed by atoms with Gasteiger partial charge in [-0.2, -0.15) is 0 Å². The summed E-state index contributed by atoms with van der Waals surface area (Å²) in [4.78, 5) is 5.34. The molecule has 0 fully saturated rings. The Kier molecular flexibility index (Phi) is 6.99. The van der Waals surface area contributed by atoms with Crippen molar-refractivity contribution < 1.29 is 0 Å². The summed E-state index contributed by atoms with van der Waals surface area (Å²) in [5, 5.41) is 6.14. The Balaban J connectivity index is 1.08. The average molecular weight is 690 g/mol. The topological polar surface area (TPSA) is 22.8 Å². The SMILES string of the molecule is C1=C(c2ccccc2)C=C(c2cc(-n3c4ccccc4c4cc(-c5ccc6c(c5)c5ccccc5n6-c5ccccc5)ccc43)nc3ccccc23)CC1. The van der Waals surface area contributed by atoms with Gasteiger partial charge in [-0.1, -0.05) is 127 Å². The summed E-state index contributed by atoms with van der Waals surface area (Å²) in [5.41, 5.74) is 14.5. The third-order valence-corrected chi connectivity index (χ3v) is 11.2. The molecule has 254 valence electrons. The molecule has 3 aromatic heterocycles. The van der Waals surface area contributed by atoms with Gasteiger partial charge < -0.3 is 4.57 Å². The molecule has 1 aliphatic carbocycles. The van der Waals surface area contributed by atoms with Crippen molar-refractivity contribution in [2.45, 2.75) is 12.8 Å². The Morgan fingerprint density at radius 3 is 1.69 bits per heavy atom. The van der Waals surface area contributed by atoms with Crippen LogP contribution < -0.4 is 0 Å². The molecule has 0 saturated carbocycles. The van der Waals surface area contributed by atoms with E-state index in [1.54, 1.807) is 0 Å². The largest absolute Gasteiger partial charge is 0.309 e. The molecule has 0 spiro atoms. The van der Waals surface area contributed by atoms with Crippen LogP contribution in [0.25, 0.3) is 88.3 Å². The molecular weight excluding hydrogens is 655 g/mol. The van der Waals surface area contributed by atoms with Crippen LogP contribution in [0.2, 0.25) is 0 Å². The number of rotatable bonds is 5. The predicted molar refractivity (Wildman–Crippen MR) is 227 cm³/mol. The third kappa shape index (κ3) is 4.86. The molecule has 3 nitrogen and oxygen atoms in total. The highest BCUT2D eigenvalue weighted by Crippen LogP contribution is 2.40. The minimum Gasteiger partial charge on any atom is -0.309 e. The van der Waals surface area contributed by atoms with Gasteiger partial charge in [0.2, 0.25) is 0 Å².